The van der Waals surface area contributed by atoms with Crippen LogP contribution < -0.4 is 4.90 Å². The van der Waals surface area contributed by atoms with Crippen molar-refractivity contribution in [2.75, 3.05) is 26.3 Å². The maximum Gasteiger partial charge on any atom is 0.207 e. The van der Waals surface area contributed by atoms with Crippen molar-refractivity contribution in [1.82, 2.24) is 14.3 Å². The summed E-state index contributed by atoms with van der Waals surface area (Å²) in [7, 11) is 0. The molecule has 27 heavy (non-hydrogen) atoms. The van der Waals surface area contributed by atoms with E-state index in [2.05, 4.69) is 0 Å². The summed E-state index contributed by atoms with van der Waals surface area (Å²) >= 11 is 5.74. The number of hydrogen-bond donors (Lipinski definition) is 2. The highest BCUT2D eigenvalue weighted by molar-refractivity contribution is 7.71. The third-order valence-electron chi connectivity index (χ3n) is 4.81. The highest BCUT2D eigenvalue weighted by Crippen LogP contribution is 2.23. The first-order valence-corrected chi connectivity index (χ1v) is 9.54. The lowest BCUT2D eigenvalue weighted by Crippen LogP contribution is -3.13. The Bertz CT molecular complexity index is 934. The summed E-state index contributed by atoms with van der Waals surface area (Å²) in [4.78, 5) is 1.37. The summed E-state index contributed by atoms with van der Waals surface area (Å²) in [6.07, 6.45) is -0.853. The second-order valence-corrected chi connectivity index (χ2v) is 7.01. The molecule has 2 aromatic carbocycles. The summed E-state index contributed by atoms with van der Waals surface area (Å²) in [6.45, 7) is 4.02. The van der Waals surface area contributed by atoms with E-state index in [1.165, 1.54) is 4.90 Å². The van der Waals surface area contributed by atoms with E-state index in [1.54, 1.807) is 0 Å². The Labute approximate surface area is 163 Å². The fraction of sp³-hybridized carbons (Fsp3) is 0.300. The standard InChI is InChI=1S/C20H22N4O2S/c25-18(16-7-3-1-4-8-16)19-21-23(15-22-11-13-26-14-12-22)20(27)24(19)17-9-5-2-6-10-17/h1-10,18,25H,11-15H2/p+1/t18-/m1/s1. The van der Waals surface area contributed by atoms with Gasteiger partial charge in [0.25, 0.3) is 0 Å². The van der Waals surface area contributed by atoms with Gasteiger partial charge in [0.1, 0.15) is 19.2 Å². The van der Waals surface area contributed by atoms with Crippen LogP contribution in [0, 0.1) is 4.77 Å². The van der Waals surface area contributed by atoms with Gasteiger partial charge in [-0.15, -0.1) is 5.10 Å². The molecule has 1 aliphatic heterocycles. The molecule has 1 atom stereocenters. The Morgan fingerprint density at radius 1 is 1.04 bits per heavy atom. The number of rotatable bonds is 5. The van der Waals surface area contributed by atoms with E-state index >= 15 is 0 Å². The van der Waals surface area contributed by atoms with Crippen molar-refractivity contribution < 1.29 is 14.7 Å². The summed E-state index contributed by atoms with van der Waals surface area (Å²) in [5.74, 6) is 0.532. The summed E-state index contributed by atoms with van der Waals surface area (Å²) in [5.41, 5.74) is 1.69. The van der Waals surface area contributed by atoms with Crippen molar-refractivity contribution in [3.8, 4) is 5.69 Å². The minimum absolute atomic E-state index is 0.532. The Morgan fingerprint density at radius 2 is 1.67 bits per heavy atom. The van der Waals surface area contributed by atoms with E-state index in [0.29, 0.717) is 17.3 Å². The van der Waals surface area contributed by atoms with Crippen LogP contribution in [0.25, 0.3) is 5.69 Å². The van der Waals surface area contributed by atoms with Gasteiger partial charge < -0.3 is 14.7 Å². The Kier molecular flexibility index (Phi) is 5.45. The minimum Gasteiger partial charge on any atom is -0.380 e. The lowest BCUT2D eigenvalue weighted by atomic mass is 10.1. The zero-order valence-corrected chi connectivity index (χ0v) is 15.8. The molecule has 3 aromatic rings. The lowest BCUT2D eigenvalue weighted by Gasteiger charge is -2.23. The molecule has 2 N–H and O–H groups in total. The summed E-state index contributed by atoms with van der Waals surface area (Å²) in [5, 5.41) is 15.7. The van der Waals surface area contributed by atoms with Crippen LogP contribution in [0.1, 0.15) is 17.5 Å². The molecule has 1 aromatic heterocycles. The first-order chi connectivity index (χ1) is 13.2. The summed E-state index contributed by atoms with van der Waals surface area (Å²) in [6, 6.07) is 19.4. The molecule has 1 saturated heterocycles. The number of hydrogen-bond acceptors (Lipinski definition) is 4. The maximum atomic E-state index is 11.0. The number of morpholine rings is 1. The average molecular weight is 383 g/mol. The Hall–Kier alpha value is -2.32. The van der Waals surface area contributed by atoms with Crippen molar-refractivity contribution >= 4 is 12.2 Å². The number of nitrogens with one attached hydrogen (secondary N) is 1. The molecule has 0 saturated carbocycles. The maximum absolute atomic E-state index is 11.0. The van der Waals surface area contributed by atoms with Gasteiger partial charge >= 0.3 is 0 Å². The molecule has 1 aliphatic rings. The fourth-order valence-corrected chi connectivity index (χ4v) is 3.64. The van der Waals surface area contributed by atoms with Gasteiger partial charge in [-0.1, -0.05) is 48.5 Å². The molecule has 7 heteroatoms. The van der Waals surface area contributed by atoms with E-state index in [1.807, 2.05) is 69.9 Å². The predicted octanol–water partition coefficient (Wildman–Crippen LogP) is 1.36. The second-order valence-electron chi connectivity index (χ2n) is 6.64. The molecule has 2 heterocycles. The molecule has 0 unspecified atom stereocenters. The molecule has 0 radical (unpaired) electrons. The summed E-state index contributed by atoms with van der Waals surface area (Å²) < 4.78 is 9.72. The van der Waals surface area contributed by atoms with Crippen LogP contribution in [-0.2, 0) is 11.4 Å². The van der Waals surface area contributed by atoms with Crippen molar-refractivity contribution in [2.45, 2.75) is 12.8 Å². The van der Waals surface area contributed by atoms with E-state index in [4.69, 9.17) is 22.1 Å². The second kappa shape index (κ2) is 8.14. The van der Waals surface area contributed by atoms with Crippen LogP contribution >= 0.6 is 12.2 Å². The monoisotopic (exact) mass is 383 g/mol. The molecule has 140 valence electrons. The number of aliphatic hydroxyl groups is 1. The van der Waals surface area contributed by atoms with Crippen LogP contribution in [0.3, 0.4) is 0 Å². The van der Waals surface area contributed by atoms with Crippen molar-refractivity contribution in [3.63, 3.8) is 0 Å². The molecule has 1 fully saturated rings. The van der Waals surface area contributed by atoms with Crippen molar-refractivity contribution in [2.24, 2.45) is 0 Å². The van der Waals surface area contributed by atoms with E-state index in [-0.39, 0.29) is 0 Å². The molecule has 0 bridgehead atoms. The van der Waals surface area contributed by atoms with Crippen LogP contribution in [-0.4, -0.2) is 45.8 Å². The number of aliphatic hydroxyl groups excluding tert-OH is 1. The number of para-hydroxylation sites is 1. The number of benzene rings is 2. The van der Waals surface area contributed by atoms with Crippen molar-refractivity contribution in [3.05, 3.63) is 76.8 Å². The van der Waals surface area contributed by atoms with Gasteiger partial charge in [0.2, 0.25) is 4.77 Å². The number of quaternary nitrogens is 1. The quantitative estimate of drug-likeness (QED) is 0.654. The number of aromatic nitrogens is 3. The molecule has 0 spiro atoms. The molecule has 0 aliphatic carbocycles. The lowest BCUT2D eigenvalue weighted by molar-refractivity contribution is -0.930. The van der Waals surface area contributed by atoms with Gasteiger partial charge in [0, 0.05) is 5.69 Å². The Balaban J connectivity index is 1.76. The van der Waals surface area contributed by atoms with E-state index < -0.39 is 6.10 Å². The van der Waals surface area contributed by atoms with Crippen LogP contribution in [0.4, 0.5) is 0 Å². The highest BCUT2D eigenvalue weighted by atomic mass is 32.1. The number of nitrogens with zero attached hydrogens (tertiary/aromatic N) is 3. The smallest absolute Gasteiger partial charge is 0.207 e. The van der Waals surface area contributed by atoms with Gasteiger partial charge in [-0.2, -0.15) is 4.68 Å². The third kappa shape index (κ3) is 3.86. The molecule has 0 amide bonds. The third-order valence-corrected chi connectivity index (χ3v) is 5.21. The molecular formula is C20H23N4O2S+. The van der Waals surface area contributed by atoms with Gasteiger partial charge in [0.05, 0.1) is 13.2 Å². The van der Waals surface area contributed by atoms with Crippen LogP contribution in [0.2, 0.25) is 0 Å². The van der Waals surface area contributed by atoms with E-state index in [0.717, 1.165) is 37.6 Å². The fourth-order valence-electron chi connectivity index (χ4n) is 3.34. The van der Waals surface area contributed by atoms with Gasteiger partial charge in [-0.05, 0) is 29.9 Å². The minimum atomic E-state index is -0.853. The highest BCUT2D eigenvalue weighted by Gasteiger charge is 2.23. The zero-order chi connectivity index (χ0) is 18.6. The van der Waals surface area contributed by atoms with Gasteiger partial charge in [-0.3, -0.25) is 4.57 Å². The first-order valence-electron chi connectivity index (χ1n) is 9.13. The van der Waals surface area contributed by atoms with Crippen LogP contribution in [0.15, 0.2) is 60.7 Å². The zero-order valence-electron chi connectivity index (χ0n) is 15.0. The topological polar surface area (TPSA) is 56.6 Å². The van der Waals surface area contributed by atoms with Crippen LogP contribution in [0.5, 0.6) is 0 Å². The average Bonchev–Trinajstić information content (AvgIpc) is 3.05. The molecule has 6 nitrogen and oxygen atoms in total. The Morgan fingerprint density at radius 3 is 2.33 bits per heavy atom. The van der Waals surface area contributed by atoms with Gasteiger partial charge in [0.15, 0.2) is 12.5 Å². The normalized spacial score (nSPS) is 16.3. The molecular weight excluding hydrogens is 360 g/mol. The molecule has 4 rings (SSSR count). The number of ether oxygens (including phenoxy) is 1. The van der Waals surface area contributed by atoms with Crippen molar-refractivity contribution in [1.29, 1.82) is 0 Å². The van der Waals surface area contributed by atoms with Gasteiger partial charge in [-0.25, -0.2) is 0 Å². The SMILES string of the molecule is O[C@H](c1ccccc1)c1nn(C[NH+]2CCOCC2)c(=S)n1-c1ccccc1. The largest absolute Gasteiger partial charge is 0.380 e. The van der Waals surface area contributed by atoms with E-state index in [9.17, 15) is 5.11 Å². The predicted molar refractivity (Wildman–Crippen MR) is 104 cm³/mol. The first kappa shape index (κ1) is 18.1.